The zero-order valence-corrected chi connectivity index (χ0v) is 22.3. The van der Waals surface area contributed by atoms with Gasteiger partial charge in [0, 0.05) is 45.2 Å². The molecule has 36 heavy (non-hydrogen) atoms. The Kier molecular flexibility index (Phi) is 11.2. The van der Waals surface area contributed by atoms with Gasteiger partial charge in [-0.1, -0.05) is 31.4 Å². The van der Waals surface area contributed by atoms with Crippen molar-refractivity contribution in [3.05, 3.63) is 35.6 Å². The molecule has 6 nitrogen and oxygen atoms in total. The molecule has 0 spiro atoms. The number of nitrogens with zero attached hydrogens (tertiary/aromatic N) is 1. The van der Waals surface area contributed by atoms with Gasteiger partial charge in [0.2, 0.25) is 5.91 Å². The number of aliphatic hydroxyl groups is 2. The van der Waals surface area contributed by atoms with Gasteiger partial charge in [0.25, 0.3) is 0 Å². The van der Waals surface area contributed by atoms with E-state index in [0.717, 1.165) is 51.4 Å². The second kappa shape index (κ2) is 13.8. The number of nitrogens with one attached hydrogen (secondary N) is 1. The molecular formula is C29H47FN2O4. The van der Waals surface area contributed by atoms with Crippen LogP contribution in [0.4, 0.5) is 4.39 Å². The number of unbranched alkanes of at least 4 members (excludes halogenated alkanes) is 1. The molecule has 1 heterocycles. The standard InChI is InChI=1S/C29H47FN2O4/c1-31-26(21-28(34)15-4-3-5-16-28)13-14-27(33)32-18-9-11-24(22-32)29(35,17-6-7-19-36-2)23-10-8-12-25(30)20-23/h8,10,12,20,24,26,31,34-35H,3-7,9,11,13-19,21-22H2,1-2H3/t24-,26?,29-/m1/s1. The molecule has 0 bridgehead atoms. The lowest BCUT2D eigenvalue weighted by atomic mass is 9.74. The minimum Gasteiger partial charge on any atom is -0.390 e. The minimum atomic E-state index is -1.19. The van der Waals surface area contributed by atoms with Crippen molar-refractivity contribution in [3.63, 3.8) is 0 Å². The first-order valence-corrected chi connectivity index (χ1v) is 13.9. The van der Waals surface area contributed by atoms with Gasteiger partial charge in [-0.05, 0) is 82.5 Å². The number of rotatable bonds is 13. The first-order chi connectivity index (χ1) is 17.3. The smallest absolute Gasteiger partial charge is 0.222 e. The third-order valence-electron chi connectivity index (χ3n) is 8.46. The maximum atomic E-state index is 14.1. The van der Waals surface area contributed by atoms with Crippen molar-refractivity contribution in [2.45, 2.75) is 101 Å². The number of likely N-dealkylation sites (tertiary alicyclic amines) is 1. The molecule has 2 aliphatic rings. The molecule has 3 N–H and O–H groups in total. The van der Waals surface area contributed by atoms with Gasteiger partial charge >= 0.3 is 0 Å². The molecule has 1 saturated carbocycles. The van der Waals surface area contributed by atoms with Crippen LogP contribution in [-0.4, -0.2) is 66.5 Å². The lowest BCUT2D eigenvalue weighted by molar-refractivity contribution is -0.137. The third kappa shape index (κ3) is 7.98. The fourth-order valence-electron chi connectivity index (χ4n) is 6.25. The maximum Gasteiger partial charge on any atom is 0.222 e. The molecule has 3 atom stereocenters. The minimum absolute atomic E-state index is 0.0940. The van der Waals surface area contributed by atoms with E-state index >= 15 is 0 Å². The molecule has 1 aromatic rings. The van der Waals surface area contributed by atoms with E-state index in [1.807, 2.05) is 11.9 Å². The van der Waals surface area contributed by atoms with E-state index in [-0.39, 0.29) is 23.7 Å². The zero-order chi connectivity index (χ0) is 26.0. The average molecular weight is 507 g/mol. The van der Waals surface area contributed by atoms with Crippen molar-refractivity contribution in [2.75, 3.05) is 33.9 Å². The van der Waals surface area contributed by atoms with Crippen LogP contribution in [0.25, 0.3) is 0 Å². The van der Waals surface area contributed by atoms with Crippen molar-refractivity contribution < 1.29 is 24.1 Å². The van der Waals surface area contributed by atoms with E-state index in [1.54, 1.807) is 19.2 Å². The number of benzene rings is 1. The predicted molar refractivity (Wildman–Crippen MR) is 140 cm³/mol. The van der Waals surface area contributed by atoms with Gasteiger partial charge in [0.15, 0.2) is 0 Å². The van der Waals surface area contributed by atoms with Crippen LogP contribution >= 0.6 is 0 Å². The Labute approximate surface area is 216 Å². The van der Waals surface area contributed by atoms with Crippen molar-refractivity contribution in [1.29, 1.82) is 0 Å². The summed E-state index contributed by atoms with van der Waals surface area (Å²) in [6.07, 6.45) is 10.5. The number of carbonyl (C=O) groups is 1. The monoisotopic (exact) mass is 506 g/mol. The van der Waals surface area contributed by atoms with Crippen LogP contribution in [0.5, 0.6) is 0 Å². The molecule has 1 amide bonds. The van der Waals surface area contributed by atoms with Crippen molar-refractivity contribution in [2.24, 2.45) is 5.92 Å². The summed E-state index contributed by atoms with van der Waals surface area (Å²) in [6, 6.07) is 6.38. The summed E-state index contributed by atoms with van der Waals surface area (Å²) in [5.41, 5.74) is -1.21. The molecule has 1 unspecified atom stereocenters. The van der Waals surface area contributed by atoms with Gasteiger partial charge < -0.3 is 25.2 Å². The highest BCUT2D eigenvalue weighted by Crippen LogP contribution is 2.40. The molecular weight excluding hydrogens is 459 g/mol. The van der Waals surface area contributed by atoms with E-state index < -0.39 is 11.2 Å². The lowest BCUT2D eigenvalue weighted by Crippen LogP contribution is -2.48. The largest absolute Gasteiger partial charge is 0.390 e. The summed E-state index contributed by atoms with van der Waals surface area (Å²) < 4.78 is 19.3. The third-order valence-corrected chi connectivity index (χ3v) is 8.46. The van der Waals surface area contributed by atoms with E-state index in [0.29, 0.717) is 50.9 Å². The Hall–Kier alpha value is -1.54. The highest BCUT2D eigenvalue weighted by molar-refractivity contribution is 5.76. The van der Waals surface area contributed by atoms with Crippen LogP contribution in [0, 0.1) is 11.7 Å². The van der Waals surface area contributed by atoms with Gasteiger partial charge in [-0.3, -0.25) is 4.79 Å². The predicted octanol–water partition coefficient (Wildman–Crippen LogP) is 4.52. The van der Waals surface area contributed by atoms with Crippen molar-refractivity contribution >= 4 is 5.91 Å². The van der Waals surface area contributed by atoms with Crippen LogP contribution in [0.15, 0.2) is 24.3 Å². The molecule has 204 valence electrons. The Balaban J connectivity index is 1.62. The van der Waals surface area contributed by atoms with E-state index in [9.17, 15) is 19.4 Å². The van der Waals surface area contributed by atoms with Gasteiger partial charge in [-0.2, -0.15) is 0 Å². The highest BCUT2D eigenvalue weighted by Gasteiger charge is 2.41. The van der Waals surface area contributed by atoms with Gasteiger partial charge in [0.05, 0.1) is 11.2 Å². The Bertz CT molecular complexity index is 816. The van der Waals surface area contributed by atoms with Crippen LogP contribution in [-0.2, 0) is 15.1 Å². The van der Waals surface area contributed by atoms with Gasteiger partial charge in [0.1, 0.15) is 5.82 Å². The van der Waals surface area contributed by atoms with Crippen LogP contribution in [0.2, 0.25) is 0 Å². The second-order valence-corrected chi connectivity index (χ2v) is 11.1. The van der Waals surface area contributed by atoms with E-state index in [4.69, 9.17) is 4.74 Å². The first-order valence-electron chi connectivity index (χ1n) is 13.9. The summed E-state index contributed by atoms with van der Waals surface area (Å²) in [4.78, 5) is 15.1. The average Bonchev–Trinajstić information content (AvgIpc) is 2.89. The molecule has 1 aromatic carbocycles. The number of hydrogen-bond donors (Lipinski definition) is 3. The maximum absolute atomic E-state index is 14.1. The SMILES string of the molecule is CNC(CCC(=O)N1CCC[C@@H]([C@@](O)(CCCCOC)c2cccc(F)c2)C1)CC1(O)CCCCC1. The number of piperidine rings is 1. The molecule has 1 saturated heterocycles. The summed E-state index contributed by atoms with van der Waals surface area (Å²) in [6.45, 7) is 1.78. The number of amides is 1. The number of methoxy groups -OCH3 is 1. The molecule has 3 rings (SSSR count). The summed E-state index contributed by atoms with van der Waals surface area (Å²) in [7, 11) is 3.57. The van der Waals surface area contributed by atoms with Crippen molar-refractivity contribution in [1.82, 2.24) is 10.2 Å². The Morgan fingerprint density at radius 3 is 2.75 bits per heavy atom. The second-order valence-electron chi connectivity index (χ2n) is 11.1. The molecule has 1 aliphatic heterocycles. The van der Waals surface area contributed by atoms with Crippen LogP contribution < -0.4 is 5.32 Å². The van der Waals surface area contributed by atoms with Crippen molar-refractivity contribution in [3.8, 4) is 0 Å². The highest BCUT2D eigenvalue weighted by atomic mass is 19.1. The molecule has 1 aliphatic carbocycles. The number of carbonyl (C=O) groups excluding carboxylic acids is 1. The topological polar surface area (TPSA) is 82.0 Å². The van der Waals surface area contributed by atoms with E-state index in [1.165, 1.54) is 18.6 Å². The Morgan fingerprint density at radius 2 is 2.06 bits per heavy atom. The lowest BCUT2D eigenvalue weighted by Gasteiger charge is -2.43. The quantitative estimate of drug-likeness (QED) is 0.343. The van der Waals surface area contributed by atoms with Gasteiger partial charge in [-0.15, -0.1) is 0 Å². The number of ether oxygens (including phenoxy) is 1. The summed E-state index contributed by atoms with van der Waals surface area (Å²) in [5.74, 6) is -0.413. The fourth-order valence-corrected chi connectivity index (χ4v) is 6.25. The fraction of sp³-hybridized carbons (Fsp3) is 0.759. The molecule has 2 fully saturated rings. The molecule has 7 heteroatoms. The summed E-state index contributed by atoms with van der Waals surface area (Å²) >= 11 is 0. The van der Waals surface area contributed by atoms with Crippen LogP contribution in [0.1, 0.15) is 89.0 Å². The zero-order valence-electron chi connectivity index (χ0n) is 22.3. The van der Waals surface area contributed by atoms with Gasteiger partial charge in [-0.25, -0.2) is 4.39 Å². The number of hydrogen-bond acceptors (Lipinski definition) is 5. The Morgan fingerprint density at radius 1 is 1.28 bits per heavy atom. The molecule has 0 radical (unpaired) electrons. The van der Waals surface area contributed by atoms with Crippen LogP contribution in [0.3, 0.4) is 0 Å². The first kappa shape index (κ1) is 29.0. The normalized spacial score (nSPS) is 22.7. The molecule has 0 aromatic heterocycles. The van der Waals surface area contributed by atoms with E-state index in [2.05, 4.69) is 5.32 Å². The summed E-state index contributed by atoms with van der Waals surface area (Å²) in [5, 5.41) is 26.2. The number of halogens is 1.